The molecule has 1 saturated carbocycles. The molecule has 178 valence electrons. The number of likely N-dealkylation sites (tertiary alicyclic amines) is 1. The zero-order chi connectivity index (χ0) is 22.4. The van der Waals surface area contributed by atoms with E-state index >= 15 is 0 Å². The Balaban J connectivity index is 0.00000106. The average Bonchev–Trinajstić information content (AvgIpc) is 2.83. The number of rotatable bonds is 7. The Morgan fingerprint density at radius 2 is 1.07 bits per heavy atom. The number of piperidine rings is 1. The lowest BCUT2D eigenvalue weighted by atomic mass is 9.79. The Kier molecular flexibility index (Phi) is 14.9. The van der Waals surface area contributed by atoms with Crippen molar-refractivity contribution in [3.63, 3.8) is 0 Å². The van der Waals surface area contributed by atoms with Crippen LogP contribution >= 0.6 is 0 Å². The molecule has 2 heterocycles. The molecule has 4 nitrogen and oxygen atoms in total. The van der Waals surface area contributed by atoms with Gasteiger partial charge in [0, 0.05) is 51.6 Å². The number of hydrogen-bond donors (Lipinski definition) is 0. The summed E-state index contributed by atoms with van der Waals surface area (Å²) < 4.78 is 0. The molecule has 0 amide bonds. The van der Waals surface area contributed by atoms with E-state index in [1.54, 1.807) is 0 Å². The van der Waals surface area contributed by atoms with Gasteiger partial charge in [-0.15, -0.1) is 0 Å². The van der Waals surface area contributed by atoms with E-state index in [9.17, 15) is 4.79 Å². The minimum absolute atomic E-state index is 0.384. The van der Waals surface area contributed by atoms with Crippen LogP contribution in [-0.2, 0) is 4.79 Å². The van der Waals surface area contributed by atoms with Crippen LogP contribution in [0.3, 0.4) is 0 Å². The minimum atomic E-state index is 0.384. The van der Waals surface area contributed by atoms with Crippen molar-refractivity contribution in [2.24, 2.45) is 17.8 Å². The zero-order valence-corrected chi connectivity index (χ0v) is 21.3. The third-order valence-electron chi connectivity index (χ3n) is 7.30. The van der Waals surface area contributed by atoms with Crippen LogP contribution in [0.15, 0.2) is 0 Å². The van der Waals surface area contributed by atoms with Gasteiger partial charge < -0.3 is 14.7 Å². The van der Waals surface area contributed by atoms with E-state index < -0.39 is 0 Å². The normalized spacial score (nSPS) is 26.9. The Bertz CT molecular complexity index is 418. The lowest BCUT2D eigenvalue weighted by Crippen LogP contribution is -2.48. The van der Waals surface area contributed by atoms with Crippen LogP contribution in [0.5, 0.6) is 0 Å². The average molecular weight is 424 g/mol. The van der Waals surface area contributed by atoms with Crippen LogP contribution < -0.4 is 0 Å². The van der Waals surface area contributed by atoms with Gasteiger partial charge in [0.15, 0.2) is 0 Å². The summed E-state index contributed by atoms with van der Waals surface area (Å²) in [6.07, 6.45) is 8.36. The molecule has 0 aromatic carbocycles. The molecular weight excluding hydrogens is 370 g/mol. The van der Waals surface area contributed by atoms with Crippen molar-refractivity contribution < 1.29 is 4.79 Å². The van der Waals surface area contributed by atoms with Crippen molar-refractivity contribution >= 4 is 5.78 Å². The second-order valence-electron chi connectivity index (χ2n) is 9.02. The van der Waals surface area contributed by atoms with Crippen molar-refractivity contribution in [3.8, 4) is 0 Å². The van der Waals surface area contributed by atoms with Gasteiger partial charge >= 0.3 is 0 Å². The molecule has 0 bridgehead atoms. The van der Waals surface area contributed by atoms with E-state index in [1.165, 1.54) is 84.6 Å². The minimum Gasteiger partial charge on any atom is -0.303 e. The van der Waals surface area contributed by atoms with Crippen molar-refractivity contribution in [1.82, 2.24) is 14.7 Å². The Labute approximate surface area is 188 Å². The third-order valence-corrected chi connectivity index (χ3v) is 7.30. The molecule has 4 heteroatoms. The van der Waals surface area contributed by atoms with E-state index in [4.69, 9.17) is 0 Å². The number of nitrogens with zero attached hydrogens (tertiary/aromatic N) is 3. The van der Waals surface area contributed by atoms with Crippen LogP contribution in [0.2, 0.25) is 0 Å². The SMILES string of the molecule is CC.CC.CCC(=O)C1CCC(CN2CCC(CN3CCN(CC)CC3)CC2)CC1. The summed E-state index contributed by atoms with van der Waals surface area (Å²) in [4.78, 5) is 19.9. The molecule has 0 atom stereocenters. The predicted molar refractivity (Wildman–Crippen MR) is 131 cm³/mol. The van der Waals surface area contributed by atoms with Gasteiger partial charge in [-0.1, -0.05) is 41.5 Å². The molecule has 2 saturated heterocycles. The molecule has 3 fully saturated rings. The molecular formula is C26H53N3O. The molecule has 0 aromatic rings. The van der Waals surface area contributed by atoms with Gasteiger partial charge in [0.2, 0.25) is 0 Å². The van der Waals surface area contributed by atoms with Crippen molar-refractivity contribution in [3.05, 3.63) is 0 Å². The fourth-order valence-corrected chi connectivity index (χ4v) is 5.33. The van der Waals surface area contributed by atoms with E-state index in [0.29, 0.717) is 11.7 Å². The summed E-state index contributed by atoms with van der Waals surface area (Å²) in [7, 11) is 0. The summed E-state index contributed by atoms with van der Waals surface area (Å²) in [5, 5.41) is 0. The van der Waals surface area contributed by atoms with Gasteiger partial charge in [-0.3, -0.25) is 4.79 Å². The van der Waals surface area contributed by atoms with Gasteiger partial charge in [-0.25, -0.2) is 0 Å². The molecule has 0 radical (unpaired) electrons. The highest BCUT2D eigenvalue weighted by Gasteiger charge is 2.28. The number of hydrogen-bond acceptors (Lipinski definition) is 4. The first kappa shape index (κ1) is 27.6. The fraction of sp³-hybridized carbons (Fsp3) is 0.962. The summed E-state index contributed by atoms with van der Waals surface area (Å²) in [5.41, 5.74) is 0. The molecule has 0 N–H and O–H groups in total. The van der Waals surface area contributed by atoms with Crippen molar-refractivity contribution in [2.45, 2.75) is 86.5 Å². The summed E-state index contributed by atoms with van der Waals surface area (Å²) >= 11 is 0. The largest absolute Gasteiger partial charge is 0.303 e. The first-order valence-corrected chi connectivity index (χ1v) is 13.4. The molecule has 3 rings (SSSR count). The maximum absolute atomic E-state index is 11.9. The Morgan fingerprint density at radius 1 is 0.633 bits per heavy atom. The monoisotopic (exact) mass is 423 g/mol. The Morgan fingerprint density at radius 3 is 1.53 bits per heavy atom. The smallest absolute Gasteiger partial charge is 0.135 e. The van der Waals surface area contributed by atoms with Gasteiger partial charge in [0.1, 0.15) is 5.78 Å². The quantitative estimate of drug-likeness (QED) is 0.564. The van der Waals surface area contributed by atoms with Crippen LogP contribution in [-0.4, -0.2) is 79.4 Å². The standard InChI is InChI=1S/C22H41N3O.2C2H6/c1-3-22(26)21-7-5-19(6-8-21)17-24-11-9-20(10-12-24)18-25-15-13-23(4-2)14-16-25;2*1-2/h19-21H,3-18H2,1-2H3;2*1-2H3. The highest BCUT2D eigenvalue weighted by atomic mass is 16.1. The highest BCUT2D eigenvalue weighted by Crippen LogP contribution is 2.31. The third kappa shape index (κ3) is 9.36. The number of Topliss-reactive ketones (excluding diaryl/α,β-unsaturated/α-hetero) is 1. The van der Waals surface area contributed by atoms with Gasteiger partial charge in [-0.2, -0.15) is 0 Å². The molecule has 0 spiro atoms. The van der Waals surface area contributed by atoms with Crippen LogP contribution in [0.25, 0.3) is 0 Å². The first-order valence-electron chi connectivity index (χ1n) is 13.4. The van der Waals surface area contributed by atoms with Crippen LogP contribution in [0.1, 0.15) is 86.5 Å². The second kappa shape index (κ2) is 16.2. The van der Waals surface area contributed by atoms with E-state index in [-0.39, 0.29) is 0 Å². The molecule has 3 aliphatic rings. The van der Waals surface area contributed by atoms with E-state index in [2.05, 4.69) is 21.6 Å². The molecule has 0 unspecified atom stereocenters. The lowest BCUT2D eigenvalue weighted by molar-refractivity contribution is -0.123. The van der Waals surface area contributed by atoms with Gasteiger partial charge in [0.05, 0.1) is 0 Å². The molecule has 1 aliphatic carbocycles. The maximum Gasteiger partial charge on any atom is 0.135 e. The fourth-order valence-electron chi connectivity index (χ4n) is 5.33. The summed E-state index contributed by atoms with van der Waals surface area (Å²) in [6.45, 7) is 23.8. The van der Waals surface area contributed by atoms with Crippen LogP contribution in [0.4, 0.5) is 0 Å². The highest BCUT2D eigenvalue weighted by molar-refractivity contribution is 5.80. The lowest BCUT2D eigenvalue weighted by Gasteiger charge is -2.39. The van der Waals surface area contributed by atoms with E-state index in [1.807, 2.05) is 34.6 Å². The summed E-state index contributed by atoms with van der Waals surface area (Å²) in [5.74, 6) is 2.64. The van der Waals surface area contributed by atoms with Gasteiger partial charge in [-0.05, 0) is 70.0 Å². The number of ketones is 1. The van der Waals surface area contributed by atoms with Crippen molar-refractivity contribution in [2.75, 3.05) is 58.9 Å². The number of likely N-dealkylation sites (N-methyl/N-ethyl adjacent to an activating group) is 1. The molecule has 0 aromatic heterocycles. The van der Waals surface area contributed by atoms with Gasteiger partial charge in [0.25, 0.3) is 0 Å². The topological polar surface area (TPSA) is 26.8 Å². The molecule has 2 aliphatic heterocycles. The van der Waals surface area contributed by atoms with E-state index in [0.717, 1.165) is 31.1 Å². The van der Waals surface area contributed by atoms with Crippen LogP contribution in [0, 0.1) is 17.8 Å². The molecule has 30 heavy (non-hydrogen) atoms. The summed E-state index contributed by atoms with van der Waals surface area (Å²) in [6, 6.07) is 0. The first-order chi connectivity index (χ1) is 14.7. The number of carbonyl (C=O) groups is 1. The number of piperazine rings is 1. The zero-order valence-electron chi connectivity index (χ0n) is 21.3. The Hall–Kier alpha value is -0.450. The maximum atomic E-state index is 11.9. The number of carbonyl (C=O) groups excluding carboxylic acids is 1. The van der Waals surface area contributed by atoms with Crippen molar-refractivity contribution in [1.29, 1.82) is 0 Å². The second-order valence-corrected chi connectivity index (χ2v) is 9.02. The predicted octanol–water partition coefficient (Wildman–Crippen LogP) is 5.17.